The van der Waals surface area contributed by atoms with Crippen molar-refractivity contribution < 1.29 is 29.0 Å². The summed E-state index contributed by atoms with van der Waals surface area (Å²) < 4.78 is 6.71. The third kappa shape index (κ3) is 5.32. The lowest BCUT2D eigenvalue weighted by atomic mass is 10.1. The number of carboxylic acids is 1. The van der Waals surface area contributed by atoms with Crippen molar-refractivity contribution in [2.24, 2.45) is 5.92 Å². The number of carbonyl (C=O) groups excluding carboxylic acids is 3. The van der Waals surface area contributed by atoms with E-state index in [1.807, 2.05) is 6.07 Å². The van der Waals surface area contributed by atoms with Crippen LogP contribution in [0.25, 0.3) is 10.2 Å². The van der Waals surface area contributed by atoms with Crippen LogP contribution in [0, 0.1) is 5.92 Å². The zero-order chi connectivity index (χ0) is 22.0. The Labute approximate surface area is 185 Å². The van der Waals surface area contributed by atoms with E-state index in [1.54, 1.807) is 12.1 Å². The van der Waals surface area contributed by atoms with E-state index in [1.165, 1.54) is 23.1 Å². The lowest BCUT2D eigenvalue weighted by Crippen LogP contribution is -2.36. The topological polar surface area (TPSA) is 147 Å². The number of thioether (sulfide) groups is 1. The van der Waals surface area contributed by atoms with Gasteiger partial charge in [0.1, 0.15) is 0 Å². The summed E-state index contributed by atoms with van der Waals surface area (Å²) >= 11 is 2.70. The van der Waals surface area contributed by atoms with E-state index in [2.05, 4.69) is 20.9 Å². The summed E-state index contributed by atoms with van der Waals surface area (Å²) in [5, 5.41) is 17.2. The summed E-state index contributed by atoms with van der Waals surface area (Å²) in [6.07, 6.45) is -0.421. The van der Waals surface area contributed by atoms with E-state index < -0.39 is 12.1 Å². The van der Waals surface area contributed by atoms with Gasteiger partial charge in [-0.2, -0.15) is 0 Å². The van der Waals surface area contributed by atoms with Gasteiger partial charge in [0, 0.05) is 25.1 Å². The van der Waals surface area contributed by atoms with E-state index in [4.69, 9.17) is 9.84 Å². The number of nitrogens with one attached hydrogen (secondary N) is 3. The van der Waals surface area contributed by atoms with Crippen LogP contribution >= 0.6 is 23.1 Å². The number of rotatable bonds is 7. The Kier molecular flexibility index (Phi) is 6.39. The average molecular weight is 465 g/mol. The van der Waals surface area contributed by atoms with Crippen LogP contribution in [-0.4, -0.2) is 64.8 Å². The SMILES string of the molecule is O=C1CC(C(=O)Nc2ccc3nc(SCC(=O)NC4COC(C(=O)O)C4)sc3c2)CN1. The highest BCUT2D eigenvalue weighted by atomic mass is 32.2. The molecule has 164 valence electrons. The van der Waals surface area contributed by atoms with E-state index in [9.17, 15) is 19.2 Å². The molecule has 31 heavy (non-hydrogen) atoms. The van der Waals surface area contributed by atoms with Crippen molar-refractivity contribution in [2.45, 2.75) is 29.3 Å². The maximum absolute atomic E-state index is 12.3. The smallest absolute Gasteiger partial charge is 0.332 e. The first-order chi connectivity index (χ1) is 14.9. The molecule has 2 aliphatic heterocycles. The molecule has 4 rings (SSSR count). The number of aromatic nitrogens is 1. The lowest BCUT2D eigenvalue weighted by molar-refractivity contribution is -0.147. The number of benzene rings is 1. The number of anilines is 1. The van der Waals surface area contributed by atoms with E-state index in [-0.39, 0.29) is 54.9 Å². The zero-order valence-corrected chi connectivity index (χ0v) is 17.9. The van der Waals surface area contributed by atoms with Crippen molar-refractivity contribution >= 4 is 62.7 Å². The second-order valence-corrected chi connectivity index (χ2v) is 9.56. The lowest BCUT2D eigenvalue weighted by Gasteiger charge is -2.09. The van der Waals surface area contributed by atoms with Crippen LogP contribution in [0.15, 0.2) is 22.5 Å². The molecule has 2 fully saturated rings. The van der Waals surface area contributed by atoms with Crippen molar-refractivity contribution in [3.63, 3.8) is 0 Å². The summed E-state index contributed by atoms with van der Waals surface area (Å²) in [5.41, 5.74) is 1.39. The summed E-state index contributed by atoms with van der Waals surface area (Å²) in [6.45, 7) is 0.536. The Morgan fingerprint density at radius 2 is 2.19 bits per heavy atom. The molecule has 1 aromatic carbocycles. The van der Waals surface area contributed by atoms with Crippen LogP contribution in [0.4, 0.5) is 5.69 Å². The van der Waals surface area contributed by atoms with Gasteiger partial charge in [-0.25, -0.2) is 9.78 Å². The van der Waals surface area contributed by atoms with Gasteiger partial charge in [-0.1, -0.05) is 11.8 Å². The van der Waals surface area contributed by atoms with Crippen LogP contribution in [-0.2, 0) is 23.9 Å². The maximum atomic E-state index is 12.3. The van der Waals surface area contributed by atoms with Gasteiger partial charge in [0.25, 0.3) is 0 Å². The van der Waals surface area contributed by atoms with Gasteiger partial charge in [0.05, 0.1) is 34.5 Å². The van der Waals surface area contributed by atoms with Crippen LogP contribution in [0.1, 0.15) is 12.8 Å². The highest BCUT2D eigenvalue weighted by Crippen LogP contribution is 2.31. The molecule has 2 aliphatic rings. The monoisotopic (exact) mass is 464 g/mol. The Morgan fingerprint density at radius 1 is 1.35 bits per heavy atom. The first-order valence-electron chi connectivity index (χ1n) is 9.62. The summed E-state index contributed by atoms with van der Waals surface area (Å²) in [5.74, 6) is -1.77. The van der Waals surface area contributed by atoms with Crippen LogP contribution in [0.2, 0.25) is 0 Å². The first kappa shape index (κ1) is 21.5. The molecule has 4 N–H and O–H groups in total. The van der Waals surface area contributed by atoms with Gasteiger partial charge in [-0.15, -0.1) is 11.3 Å². The Balaban J connectivity index is 1.30. The van der Waals surface area contributed by atoms with Crippen LogP contribution < -0.4 is 16.0 Å². The van der Waals surface area contributed by atoms with Gasteiger partial charge < -0.3 is 25.8 Å². The molecule has 1 aromatic heterocycles. The number of hydrogen-bond donors (Lipinski definition) is 4. The van der Waals surface area contributed by atoms with E-state index >= 15 is 0 Å². The highest BCUT2D eigenvalue weighted by molar-refractivity contribution is 8.01. The maximum Gasteiger partial charge on any atom is 0.332 e. The van der Waals surface area contributed by atoms with Crippen LogP contribution in [0.5, 0.6) is 0 Å². The standard InChI is InChI=1S/C19H20N4O6S2/c24-15-3-9(6-20-15)17(26)22-10-1-2-12-14(5-10)31-19(23-12)30-8-16(25)21-11-4-13(18(27)28)29-7-11/h1-2,5,9,11,13H,3-4,6-8H2,(H,20,24)(H,21,25)(H,22,26)(H,27,28). The molecule has 2 aromatic rings. The van der Waals surface area contributed by atoms with E-state index in [0.29, 0.717) is 16.6 Å². The number of ether oxygens (including phenoxy) is 1. The minimum atomic E-state index is -1.02. The molecule has 0 spiro atoms. The summed E-state index contributed by atoms with van der Waals surface area (Å²) in [4.78, 5) is 51.1. The van der Waals surface area contributed by atoms with E-state index in [0.717, 1.165) is 10.2 Å². The van der Waals surface area contributed by atoms with Gasteiger partial charge in [-0.05, 0) is 18.2 Å². The highest BCUT2D eigenvalue weighted by Gasteiger charge is 2.31. The second-order valence-electron chi connectivity index (χ2n) is 7.31. The van der Waals surface area contributed by atoms with Gasteiger partial charge in [-0.3, -0.25) is 14.4 Å². The fraction of sp³-hybridized carbons (Fsp3) is 0.421. The predicted molar refractivity (Wildman–Crippen MR) is 114 cm³/mol. The number of aliphatic carboxylic acids is 1. The second kappa shape index (κ2) is 9.20. The van der Waals surface area contributed by atoms with Gasteiger partial charge >= 0.3 is 5.97 Å². The van der Waals surface area contributed by atoms with Gasteiger partial charge in [0.15, 0.2) is 10.4 Å². The number of carboxylic acid groups (broad SMARTS) is 1. The number of fused-ring (bicyclic) bond motifs is 1. The number of thiazole rings is 1. The number of hydrogen-bond acceptors (Lipinski definition) is 8. The molecular formula is C19H20N4O6S2. The van der Waals surface area contributed by atoms with Crippen molar-refractivity contribution in [1.82, 2.24) is 15.6 Å². The van der Waals surface area contributed by atoms with Crippen molar-refractivity contribution in [1.29, 1.82) is 0 Å². The quantitative estimate of drug-likeness (QED) is 0.441. The zero-order valence-electron chi connectivity index (χ0n) is 16.3. The molecular weight excluding hydrogens is 444 g/mol. The van der Waals surface area contributed by atoms with Crippen molar-refractivity contribution in [3.8, 4) is 0 Å². The number of amides is 3. The third-order valence-corrected chi connectivity index (χ3v) is 7.11. The molecule has 3 heterocycles. The summed E-state index contributed by atoms with van der Waals surface area (Å²) in [6, 6.07) is 5.07. The molecule has 0 saturated carbocycles. The van der Waals surface area contributed by atoms with Crippen molar-refractivity contribution in [3.05, 3.63) is 18.2 Å². The molecule has 0 aliphatic carbocycles. The molecule has 10 nitrogen and oxygen atoms in total. The average Bonchev–Trinajstić information content (AvgIpc) is 3.45. The fourth-order valence-corrected chi connectivity index (χ4v) is 5.29. The predicted octanol–water partition coefficient (Wildman–Crippen LogP) is 0.821. The Bertz CT molecular complexity index is 1040. The molecule has 3 unspecified atom stereocenters. The molecule has 3 amide bonds. The number of nitrogens with zero attached hydrogens (tertiary/aromatic N) is 1. The molecule has 12 heteroatoms. The minimum absolute atomic E-state index is 0.120. The third-order valence-electron chi connectivity index (χ3n) is 4.95. The largest absolute Gasteiger partial charge is 0.479 e. The molecule has 0 bridgehead atoms. The first-order valence-corrected chi connectivity index (χ1v) is 11.4. The van der Waals surface area contributed by atoms with Crippen molar-refractivity contribution in [2.75, 3.05) is 24.2 Å². The molecule has 3 atom stereocenters. The fourth-order valence-electron chi connectivity index (χ4n) is 3.37. The number of carbonyl (C=O) groups is 4. The normalized spacial score (nSPS) is 23.0. The molecule has 0 radical (unpaired) electrons. The Morgan fingerprint density at radius 3 is 2.90 bits per heavy atom. The Hall–Kier alpha value is -2.70. The van der Waals surface area contributed by atoms with Gasteiger partial charge in [0.2, 0.25) is 17.7 Å². The molecule has 2 saturated heterocycles. The minimum Gasteiger partial charge on any atom is -0.479 e. The van der Waals surface area contributed by atoms with Crippen LogP contribution in [0.3, 0.4) is 0 Å². The summed E-state index contributed by atoms with van der Waals surface area (Å²) in [7, 11) is 0.